The molecular weight excluding hydrogens is 262 g/mol. The van der Waals surface area contributed by atoms with Gasteiger partial charge in [-0.25, -0.2) is 0 Å². The fraction of sp³-hybridized carbons (Fsp3) is 0.467. The molecule has 1 aromatic heterocycles. The van der Waals surface area contributed by atoms with E-state index in [1.165, 1.54) is 0 Å². The molecule has 0 atom stereocenters. The number of hydrogen-bond donors (Lipinski definition) is 1. The molecule has 0 saturated carbocycles. The van der Waals surface area contributed by atoms with E-state index in [4.69, 9.17) is 20.8 Å². The summed E-state index contributed by atoms with van der Waals surface area (Å²) < 4.78 is 11.2. The lowest BCUT2D eigenvalue weighted by atomic mass is 10.1. The Bertz CT molecular complexity index is 563. The Morgan fingerprint density at radius 1 is 1.37 bits per heavy atom. The number of aryl methyl sites for hydroxylation is 1. The van der Waals surface area contributed by atoms with E-state index in [1.807, 2.05) is 13.0 Å². The SMILES string of the molecule is CCCNCc1oc2c(Cl)cc(C)cc2c1COC. The normalized spacial score (nSPS) is 11.4. The molecule has 1 aromatic carbocycles. The molecule has 0 fully saturated rings. The molecule has 0 bridgehead atoms. The molecule has 0 radical (unpaired) electrons. The minimum absolute atomic E-state index is 0.538. The molecule has 2 aromatic rings. The van der Waals surface area contributed by atoms with E-state index < -0.39 is 0 Å². The first-order chi connectivity index (χ1) is 9.17. The van der Waals surface area contributed by atoms with Crippen molar-refractivity contribution >= 4 is 22.6 Å². The van der Waals surface area contributed by atoms with Gasteiger partial charge in [0.05, 0.1) is 18.2 Å². The monoisotopic (exact) mass is 281 g/mol. The molecule has 2 rings (SSSR count). The molecular formula is C15H20ClNO2. The van der Waals surface area contributed by atoms with Crippen LogP contribution in [0.3, 0.4) is 0 Å². The third-order valence-corrected chi connectivity index (χ3v) is 3.36. The van der Waals surface area contributed by atoms with E-state index in [9.17, 15) is 0 Å². The number of benzene rings is 1. The Morgan fingerprint density at radius 2 is 2.16 bits per heavy atom. The Hall–Kier alpha value is -1.03. The second-order valence-corrected chi connectivity index (χ2v) is 5.14. The van der Waals surface area contributed by atoms with Gasteiger partial charge in [-0.3, -0.25) is 0 Å². The number of halogens is 1. The topological polar surface area (TPSA) is 34.4 Å². The number of rotatable bonds is 6. The average Bonchev–Trinajstić information content (AvgIpc) is 2.70. The van der Waals surface area contributed by atoms with Crippen molar-refractivity contribution in [1.82, 2.24) is 5.32 Å². The number of nitrogens with one attached hydrogen (secondary N) is 1. The molecule has 1 N–H and O–H groups in total. The van der Waals surface area contributed by atoms with Gasteiger partial charge in [0.15, 0.2) is 5.58 Å². The zero-order valence-electron chi connectivity index (χ0n) is 11.7. The van der Waals surface area contributed by atoms with Gasteiger partial charge in [-0.05, 0) is 37.6 Å². The first-order valence-corrected chi connectivity index (χ1v) is 6.95. The van der Waals surface area contributed by atoms with Crippen molar-refractivity contribution < 1.29 is 9.15 Å². The van der Waals surface area contributed by atoms with Gasteiger partial charge in [-0.1, -0.05) is 18.5 Å². The highest BCUT2D eigenvalue weighted by atomic mass is 35.5. The van der Waals surface area contributed by atoms with E-state index in [0.29, 0.717) is 18.2 Å². The fourth-order valence-electron chi connectivity index (χ4n) is 2.22. The van der Waals surface area contributed by atoms with Crippen LogP contribution in [0.4, 0.5) is 0 Å². The van der Waals surface area contributed by atoms with E-state index >= 15 is 0 Å². The summed E-state index contributed by atoms with van der Waals surface area (Å²) >= 11 is 6.25. The molecule has 0 amide bonds. The van der Waals surface area contributed by atoms with Crippen molar-refractivity contribution in [3.8, 4) is 0 Å². The standard InChI is InChI=1S/C15H20ClNO2/c1-4-5-17-8-14-12(9-18-3)11-6-10(2)7-13(16)15(11)19-14/h6-7,17H,4-5,8-9H2,1-3H3. The Balaban J connectivity index is 2.44. The minimum Gasteiger partial charge on any atom is -0.458 e. The first kappa shape index (κ1) is 14.4. The summed E-state index contributed by atoms with van der Waals surface area (Å²) in [6.07, 6.45) is 1.10. The average molecular weight is 282 g/mol. The highest BCUT2D eigenvalue weighted by Crippen LogP contribution is 2.33. The molecule has 0 saturated heterocycles. The largest absolute Gasteiger partial charge is 0.458 e. The lowest BCUT2D eigenvalue weighted by Gasteiger charge is -2.03. The van der Waals surface area contributed by atoms with Crippen LogP contribution in [0.25, 0.3) is 11.0 Å². The number of ether oxygens (including phenoxy) is 1. The van der Waals surface area contributed by atoms with E-state index in [2.05, 4.69) is 18.3 Å². The minimum atomic E-state index is 0.538. The van der Waals surface area contributed by atoms with Crippen LogP contribution in [-0.2, 0) is 17.9 Å². The maximum absolute atomic E-state index is 6.25. The van der Waals surface area contributed by atoms with Crippen molar-refractivity contribution in [1.29, 1.82) is 0 Å². The second kappa shape index (κ2) is 6.42. The Morgan fingerprint density at radius 3 is 2.84 bits per heavy atom. The summed E-state index contributed by atoms with van der Waals surface area (Å²) in [5.41, 5.74) is 2.98. The Kier molecular flexibility index (Phi) is 4.86. The van der Waals surface area contributed by atoms with Gasteiger partial charge in [0.25, 0.3) is 0 Å². The van der Waals surface area contributed by atoms with Gasteiger partial charge < -0.3 is 14.5 Å². The van der Waals surface area contributed by atoms with Crippen LogP contribution in [0, 0.1) is 6.92 Å². The molecule has 4 heteroatoms. The van der Waals surface area contributed by atoms with Gasteiger partial charge in [-0.15, -0.1) is 0 Å². The maximum Gasteiger partial charge on any atom is 0.153 e. The van der Waals surface area contributed by atoms with Crippen molar-refractivity contribution in [2.75, 3.05) is 13.7 Å². The molecule has 0 unspecified atom stereocenters. The lowest BCUT2D eigenvalue weighted by molar-refractivity contribution is 0.183. The van der Waals surface area contributed by atoms with Crippen LogP contribution < -0.4 is 5.32 Å². The van der Waals surface area contributed by atoms with Crippen LogP contribution in [-0.4, -0.2) is 13.7 Å². The molecule has 0 aliphatic rings. The number of hydrogen-bond acceptors (Lipinski definition) is 3. The molecule has 3 nitrogen and oxygen atoms in total. The number of methoxy groups -OCH3 is 1. The van der Waals surface area contributed by atoms with E-state index in [1.54, 1.807) is 7.11 Å². The summed E-state index contributed by atoms with van der Waals surface area (Å²) in [7, 11) is 1.69. The zero-order valence-corrected chi connectivity index (χ0v) is 12.4. The fourth-order valence-corrected chi connectivity index (χ4v) is 2.53. The zero-order chi connectivity index (χ0) is 13.8. The summed E-state index contributed by atoms with van der Waals surface area (Å²) in [4.78, 5) is 0. The van der Waals surface area contributed by atoms with E-state index in [-0.39, 0.29) is 0 Å². The van der Waals surface area contributed by atoms with Crippen LogP contribution in [0.15, 0.2) is 16.5 Å². The smallest absolute Gasteiger partial charge is 0.153 e. The molecule has 19 heavy (non-hydrogen) atoms. The summed E-state index contributed by atoms with van der Waals surface area (Å²) in [6, 6.07) is 4.02. The molecule has 0 aliphatic carbocycles. The first-order valence-electron chi connectivity index (χ1n) is 6.57. The van der Waals surface area contributed by atoms with Crippen LogP contribution >= 0.6 is 11.6 Å². The highest BCUT2D eigenvalue weighted by Gasteiger charge is 2.16. The van der Waals surface area contributed by atoms with Crippen LogP contribution in [0.1, 0.15) is 30.2 Å². The summed E-state index contributed by atoms with van der Waals surface area (Å²) in [5, 5.41) is 5.07. The predicted molar refractivity (Wildman–Crippen MR) is 78.7 cm³/mol. The number of fused-ring (bicyclic) bond motifs is 1. The van der Waals surface area contributed by atoms with Gasteiger partial charge in [0, 0.05) is 18.1 Å². The van der Waals surface area contributed by atoms with Crippen molar-refractivity contribution in [2.45, 2.75) is 33.4 Å². The van der Waals surface area contributed by atoms with Crippen LogP contribution in [0.2, 0.25) is 5.02 Å². The quantitative estimate of drug-likeness (QED) is 0.812. The summed E-state index contributed by atoms with van der Waals surface area (Å²) in [5.74, 6) is 0.915. The third-order valence-electron chi connectivity index (χ3n) is 3.08. The predicted octanol–water partition coefficient (Wildman–Crippen LogP) is 4.04. The lowest BCUT2D eigenvalue weighted by Crippen LogP contribution is -2.14. The van der Waals surface area contributed by atoms with Crippen molar-refractivity contribution in [2.24, 2.45) is 0 Å². The number of furan rings is 1. The second-order valence-electron chi connectivity index (χ2n) is 4.74. The van der Waals surface area contributed by atoms with E-state index in [0.717, 1.165) is 40.8 Å². The van der Waals surface area contributed by atoms with Gasteiger partial charge in [0.1, 0.15) is 5.76 Å². The van der Waals surface area contributed by atoms with Gasteiger partial charge >= 0.3 is 0 Å². The van der Waals surface area contributed by atoms with Gasteiger partial charge in [0.2, 0.25) is 0 Å². The van der Waals surface area contributed by atoms with Crippen LogP contribution in [0.5, 0.6) is 0 Å². The highest BCUT2D eigenvalue weighted by molar-refractivity contribution is 6.35. The maximum atomic E-state index is 6.25. The third kappa shape index (κ3) is 3.11. The van der Waals surface area contributed by atoms with Crippen molar-refractivity contribution in [3.63, 3.8) is 0 Å². The molecule has 104 valence electrons. The molecule has 0 aliphatic heterocycles. The summed E-state index contributed by atoms with van der Waals surface area (Å²) in [6.45, 7) is 6.38. The molecule has 0 spiro atoms. The van der Waals surface area contributed by atoms with Gasteiger partial charge in [-0.2, -0.15) is 0 Å². The van der Waals surface area contributed by atoms with Crippen molar-refractivity contribution in [3.05, 3.63) is 34.0 Å². The Labute approximate surface area is 118 Å². The molecule has 1 heterocycles.